The zero-order valence-electron chi connectivity index (χ0n) is 15.3. The van der Waals surface area contributed by atoms with Gasteiger partial charge in [0.15, 0.2) is 0 Å². The van der Waals surface area contributed by atoms with Crippen LogP contribution in [0.5, 0.6) is 6.01 Å². The van der Waals surface area contributed by atoms with Crippen molar-refractivity contribution < 1.29 is 9.53 Å². The SMILES string of the molecule is C=CC(=O)N1CCCC(Oc2nc(-c3cnn(C)c3)cc3nccn23)CC1. The number of hydrogen-bond donors (Lipinski definition) is 0. The Morgan fingerprint density at radius 2 is 2.26 bits per heavy atom. The molecular weight excluding hydrogens is 344 g/mol. The number of ether oxygens (including phenoxy) is 1. The van der Waals surface area contributed by atoms with Gasteiger partial charge in [0.25, 0.3) is 0 Å². The molecule has 1 aliphatic rings. The molecule has 1 unspecified atom stereocenters. The Hall–Kier alpha value is -3.16. The number of likely N-dealkylation sites (tertiary alicyclic amines) is 1. The first-order valence-electron chi connectivity index (χ1n) is 9.05. The number of fused-ring (bicyclic) bond motifs is 1. The van der Waals surface area contributed by atoms with Gasteiger partial charge in [0.1, 0.15) is 11.8 Å². The lowest BCUT2D eigenvalue weighted by Crippen LogP contribution is -2.31. The first kappa shape index (κ1) is 17.3. The topological polar surface area (TPSA) is 77.6 Å². The third-order valence-electron chi connectivity index (χ3n) is 4.79. The lowest BCUT2D eigenvalue weighted by atomic mass is 10.2. The summed E-state index contributed by atoms with van der Waals surface area (Å²) in [6.07, 6.45) is 11.1. The minimum absolute atomic E-state index is 0.00476. The monoisotopic (exact) mass is 366 g/mol. The van der Waals surface area contributed by atoms with Crippen molar-refractivity contribution in [1.82, 2.24) is 29.0 Å². The standard InChI is InChI=1S/C19H22N6O2/c1-3-18(26)24-8-4-5-15(6-9-24)27-19-22-16(14-12-21-23(2)13-14)11-17-20-7-10-25(17)19/h3,7,10-13,15H,1,4-6,8-9H2,2H3. The van der Waals surface area contributed by atoms with E-state index < -0.39 is 0 Å². The van der Waals surface area contributed by atoms with Crippen LogP contribution in [0.4, 0.5) is 0 Å². The number of aromatic nitrogens is 5. The maximum Gasteiger partial charge on any atom is 0.303 e. The highest BCUT2D eigenvalue weighted by atomic mass is 16.5. The summed E-state index contributed by atoms with van der Waals surface area (Å²) in [6.45, 7) is 4.96. The normalized spacial score (nSPS) is 17.7. The molecule has 1 atom stereocenters. The number of carbonyl (C=O) groups excluding carboxylic acids is 1. The molecule has 140 valence electrons. The molecule has 4 rings (SSSR count). The summed E-state index contributed by atoms with van der Waals surface area (Å²) in [6, 6.07) is 2.43. The van der Waals surface area contributed by atoms with Gasteiger partial charge in [0.05, 0.1) is 11.9 Å². The van der Waals surface area contributed by atoms with E-state index in [0.29, 0.717) is 12.6 Å². The van der Waals surface area contributed by atoms with Gasteiger partial charge in [-0.2, -0.15) is 10.1 Å². The van der Waals surface area contributed by atoms with Gasteiger partial charge in [-0.25, -0.2) is 4.98 Å². The highest BCUT2D eigenvalue weighted by molar-refractivity contribution is 5.86. The van der Waals surface area contributed by atoms with Crippen molar-refractivity contribution in [3.05, 3.63) is 43.5 Å². The molecule has 1 saturated heterocycles. The van der Waals surface area contributed by atoms with Crippen molar-refractivity contribution in [3.8, 4) is 17.3 Å². The van der Waals surface area contributed by atoms with E-state index in [9.17, 15) is 4.79 Å². The van der Waals surface area contributed by atoms with Crippen molar-refractivity contribution in [2.45, 2.75) is 25.4 Å². The van der Waals surface area contributed by atoms with Gasteiger partial charge < -0.3 is 9.64 Å². The third kappa shape index (κ3) is 3.55. The van der Waals surface area contributed by atoms with E-state index in [1.807, 2.05) is 34.8 Å². The van der Waals surface area contributed by atoms with Gasteiger partial charge in [-0.1, -0.05) is 6.58 Å². The molecule has 0 bridgehead atoms. The smallest absolute Gasteiger partial charge is 0.303 e. The Bertz CT molecular complexity index is 976. The first-order valence-corrected chi connectivity index (χ1v) is 9.05. The van der Waals surface area contributed by atoms with E-state index in [-0.39, 0.29) is 12.0 Å². The van der Waals surface area contributed by atoms with Crippen LogP contribution >= 0.6 is 0 Å². The summed E-state index contributed by atoms with van der Waals surface area (Å²) >= 11 is 0. The van der Waals surface area contributed by atoms with Crippen molar-refractivity contribution in [1.29, 1.82) is 0 Å². The van der Waals surface area contributed by atoms with Gasteiger partial charge in [-0.3, -0.25) is 13.9 Å². The zero-order chi connectivity index (χ0) is 18.8. The second kappa shape index (κ2) is 7.22. The highest BCUT2D eigenvalue weighted by Crippen LogP contribution is 2.24. The number of carbonyl (C=O) groups is 1. The van der Waals surface area contributed by atoms with Crippen molar-refractivity contribution in [2.24, 2.45) is 7.05 Å². The number of nitrogens with zero attached hydrogens (tertiary/aromatic N) is 6. The molecule has 0 saturated carbocycles. The fraction of sp³-hybridized carbons (Fsp3) is 0.368. The fourth-order valence-electron chi connectivity index (χ4n) is 3.36. The van der Waals surface area contributed by atoms with E-state index in [2.05, 4.69) is 16.7 Å². The number of amides is 1. The van der Waals surface area contributed by atoms with Crippen LogP contribution in [-0.4, -0.2) is 54.1 Å². The van der Waals surface area contributed by atoms with Gasteiger partial charge in [-0.05, 0) is 18.9 Å². The summed E-state index contributed by atoms with van der Waals surface area (Å²) in [5, 5.41) is 4.21. The minimum Gasteiger partial charge on any atom is -0.461 e. The average molecular weight is 366 g/mol. The molecule has 3 aromatic heterocycles. The van der Waals surface area contributed by atoms with E-state index >= 15 is 0 Å². The Morgan fingerprint density at radius 3 is 3.04 bits per heavy atom. The molecule has 1 amide bonds. The van der Waals surface area contributed by atoms with E-state index in [4.69, 9.17) is 9.72 Å². The molecule has 1 aliphatic heterocycles. The Morgan fingerprint density at radius 1 is 1.37 bits per heavy atom. The maximum atomic E-state index is 11.9. The van der Waals surface area contributed by atoms with Crippen molar-refractivity contribution in [3.63, 3.8) is 0 Å². The van der Waals surface area contributed by atoms with Crippen LogP contribution in [0.15, 0.2) is 43.5 Å². The molecule has 0 radical (unpaired) electrons. The third-order valence-corrected chi connectivity index (χ3v) is 4.79. The molecular formula is C19H22N6O2. The maximum absolute atomic E-state index is 11.9. The average Bonchev–Trinajstić information content (AvgIpc) is 3.26. The molecule has 1 fully saturated rings. The number of imidazole rings is 1. The lowest BCUT2D eigenvalue weighted by molar-refractivity contribution is -0.126. The quantitative estimate of drug-likeness (QED) is 0.661. The summed E-state index contributed by atoms with van der Waals surface area (Å²) in [5.74, 6) is -0.0238. The van der Waals surface area contributed by atoms with Crippen LogP contribution in [-0.2, 0) is 11.8 Å². The Labute approximate surface area is 157 Å². The predicted molar refractivity (Wildman–Crippen MR) is 100 cm³/mol. The second-order valence-corrected chi connectivity index (χ2v) is 6.68. The number of aryl methyl sites for hydroxylation is 1. The van der Waals surface area contributed by atoms with Gasteiger partial charge in [-0.15, -0.1) is 0 Å². The highest BCUT2D eigenvalue weighted by Gasteiger charge is 2.22. The van der Waals surface area contributed by atoms with Gasteiger partial charge in [0, 0.05) is 56.8 Å². The van der Waals surface area contributed by atoms with Gasteiger partial charge >= 0.3 is 6.01 Å². The summed E-state index contributed by atoms with van der Waals surface area (Å²) in [5.41, 5.74) is 2.46. The minimum atomic E-state index is -0.0238. The molecule has 0 aromatic carbocycles. The molecule has 3 aromatic rings. The van der Waals surface area contributed by atoms with Gasteiger partial charge in [0.2, 0.25) is 5.91 Å². The summed E-state index contributed by atoms with van der Waals surface area (Å²) in [4.78, 5) is 22.8. The van der Waals surface area contributed by atoms with Crippen molar-refractivity contribution >= 4 is 11.6 Å². The molecule has 8 nitrogen and oxygen atoms in total. The molecule has 8 heteroatoms. The summed E-state index contributed by atoms with van der Waals surface area (Å²) in [7, 11) is 1.87. The van der Waals surface area contributed by atoms with Crippen LogP contribution in [0.3, 0.4) is 0 Å². The molecule has 27 heavy (non-hydrogen) atoms. The second-order valence-electron chi connectivity index (χ2n) is 6.68. The van der Waals surface area contributed by atoms with Crippen LogP contribution in [0.1, 0.15) is 19.3 Å². The van der Waals surface area contributed by atoms with Crippen LogP contribution in [0, 0.1) is 0 Å². The molecule has 0 spiro atoms. The van der Waals surface area contributed by atoms with E-state index in [0.717, 1.165) is 42.7 Å². The number of hydrogen-bond acceptors (Lipinski definition) is 5. The van der Waals surface area contributed by atoms with E-state index in [1.54, 1.807) is 17.1 Å². The molecule has 0 aliphatic carbocycles. The Kier molecular flexibility index (Phi) is 4.62. The number of rotatable bonds is 4. The molecule has 0 N–H and O–H groups in total. The molecule has 4 heterocycles. The van der Waals surface area contributed by atoms with Crippen LogP contribution in [0.2, 0.25) is 0 Å². The summed E-state index contributed by atoms with van der Waals surface area (Å²) < 4.78 is 9.84. The van der Waals surface area contributed by atoms with Crippen LogP contribution in [0.25, 0.3) is 16.9 Å². The largest absolute Gasteiger partial charge is 0.461 e. The predicted octanol–water partition coefficient (Wildman–Crippen LogP) is 2.08. The lowest BCUT2D eigenvalue weighted by Gasteiger charge is -2.19. The Balaban J connectivity index is 1.59. The van der Waals surface area contributed by atoms with Crippen molar-refractivity contribution in [2.75, 3.05) is 13.1 Å². The first-order chi connectivity index (χ1) is 13.1. The fourth-order valence-corrected chi connectivity index (χ4v) is 3.36. The zero-order valence-corrected chi connectivity index (χ0v) is 15.3. The van der Waals surface area contributed by atoms with E-state index in [1.165, 1.54) is 6.08 Å². The van der Waals surface area contributed by atoms with Crippen LogP contribution < -0.4 is 4.74 Å².